The van der Waals surface area contributed by atoms with E-state index in [1.54, 1.807) is 0 Å². The van der Waals surface area contributed by atoms with Crippen molar-refractivity contribution in [2.24, 2.45) is 5.92 Å². The van der Waals surface area contributed by atoms with Crippen LogP contribution < -0.4 is 0 Å². The molecule has 3 nitrogen and oxygen atoms in total. The number of benzene rings is 1. The Balaban J connectivity index is 2.97. The zero-order valence-corrected chi connectivity index (χ0v) is 11.7. The Morgan fingerprint density at radius 3 is 2.79 bits per heavy atom. The Labute approximate surface area is 117 Å². The Morgan fingerprint density at radius 2 is 2.21 bits per heavy atom. The summed E-state index contributed by atoms with van der Waals surface area (Å²) in [6.45, 7) is 4.69. The van der Waals surface area contributed by atoms with E-state index in [1.807, 2.05) is 19.9 Å². The third-order valence-corrected chi connectivity index (χ3v) is 2.76. The molecule has 0 spiro atoms. The zero-order valence-electron chi connectivity index (χ0n) is 11.0. The summed E-state index contributed by atoms with van der Waals surface area (Å²) in [5, 5.41) is 8.93. The van der Waals surface area contributed by atoms with E-state index < -0.39 is 11.7 Å². The highest BCUT2D eigenvalue weighted by Gasteiger charge is 2.20. The molecule has 1 rings (SSSR count). The van der Waals surface area contributed by atoms with Crippen molar-refractivity contribution in [3.8, 4) is 6.07 Å². The van der Waals surface area contributed by atoms with E-state index >= 15 is 0 Å². The van der Waals surface area contributed by atoms with Gasteiger partial charge in [-0.15, -0.1) is 0 Å². The molecule has 0 saturated heterocycles. The second kappa shape index (κ2) is 7.10. The molecule has 0 radical (unpaired) electrons. The van der Waals surface area contributed by atoms with Crippen LogP contribution in [0.4, 0.5) is 4.39 Å². The van der Waals surface area contributed by atoms with E-state index in [1.165, 1.54) is 23.1 Å². The maximum atomic E-state index is 13.7. The highest BCUT2D eigenvalue weighted by molar-refractivity contribution is 6.31. The van der Waals surface area contributed by atoms with Crippen LogP contribution in [0.25, 0.3) is 0 Å². The smallest absolute Gasteiger partial charge is 0.256 e. The van der Waals surface area contributed by atoms with E-state index in [2.05, 4.69) is 0 Å². The van der Waals surface area contributed by atoms with E-state index in [0.717, 1.165) is 0 Å². The first kappa shape index (κ1) is 15.5. The number of halogens is 2. The highest BCUT2D eigenvalue weighted by atomic mass is 35.5. The average Bonchev–Trinajstić information content (AvgIpc) is 2.36. The summed E-state index contributed by atoms with van der Waals surface area (Å²) in [7, 11) is 0. The topological polar surface area (TPSA) is 44.1 Å². The molecule has 19 heavy (non-hydrogen) atoms. The van der Waals surface area contributed by atoms with Crippen LogP contribution in [0.3, 0.4) is 0 Å². The first-order chi connectivity index (χ1) is 8.95. The van der Waals surface area contributed by atoms with Crippen molar-refractivity contribution >= 4 is 17.5 Å². The van der Waals surface area contributed by atoms with Gasteiger partial charge >= 0.3 is 0 Å². The third-order valence-electron chi connectivity index (χ3n) is 2.53. The van der Waals surface area contributed by atoms with Crippen molar-refractivity contribution in [2.45, 2.75) is 20.3 Å². The fraction of sp³-hybridized carbons (Fsp3) is 0.429. The first-order valence-electron chi connectivity index (χ1n) is 6.07. The van der Waals surface area contributed by atoms with Crippen molar-refractivity contribution in [3.05, 3.63) is 34.6 Å². The van der Waals surface area contributed by atoms with Crippen LogP contribution >= 0.6 is 11.6 Å². The van der Waals surface area contributed by atoms with Crippen LogP contribution in [0, 0.1) is 23.1 Å². The highest BCUT2D eigenvalue weighted by Crippen LogP contribution is 2.17. The third kappa shape index (κ3) is 4.53. The van der Waals surface area contributed by atoms with Gasteiger partial charge in [-0.05, 0) is 24.1 Å². The number of nitrogens with zero attached hydrogens (tertiary/aromatic N) is 2. The fourth-order valence-electron chi connectivity index (χ4n) is 1.73. The molecule has 0 N–H and O–H groups in total. The van der Waals surface area contributed by atoms with Gasteiger partial charge in [0.05, 0.1) is 18.1 Å². The molecule has 0 bridgehead atoms. The summed E-state index contributed by atoms with van der Waals surface area (Å²) in [4.78, 5) is 13.8. The molecule has 0 unspecified atom stereocenters. The van der Waals surface area contributed by atoms with Gasteiger partial charge in [0.2, 0.25) is 0 Å². The van der Waals surface area contributed by atoms with Gasteiger partial charge in [-0.25, -0.2) is 4.39 Å². The maximum Gasteiger partial charge on any atom is 0.256 e. The van der Waals surface area contributed by atoms with Crippen molar-refractivity contribution in [1.82, 2.24) is 4.90 Å². The second-order valence-corrected chi connectivity index (χ2v) is 5.11. The molecule has 5 heteroatoms. The van der Waals surface area contributed by atoms with Crippen LogP contribution in [-0.2, 0) is 0 Å². The van der Waals surface area contributed by atoms with Crippen molar-refractivity contribution < 1.29 is 9.18 Å². The number of carbonyl (C=O) groups is 1. The summed E-state index contributed by atoms with van der Waals surface area (Å²) in [5.41, 5.74) is -0.0499. The van der Waals surface area contributed by atoms with Gasteiger partial charge in [-0.3, -0.25) is 4.79 Å². The SMILES string of the molecule is CC(C)CN(CCC#N)C(=O)c1cc(Cl)ccc1F. The van der Waals surface area contributed by atoms with Crippen LogP contribution in [0.1, 0.15) is 30.6 Å². The molecular weight excluding hydrogens is 267 g/mol. The monoisotopic (exact) mass is 282 g/mol. The maximum absolute atomic E-state index is 13.7. The molecule has 1 aromatic rings. The molecule has 0 atom stereocenters. The summed E-state index contributed by atoms with van der Waals surface area (Å²) in [6, 6.07) is 5.88. The van der Waals surface area contributed by atoms with Crippen molar-refractivity contribution in [1.29, 1.82) is 5.26 Å². The number of amides is 1. The summed E-state index contributed by atoms with van der Waals surface area (Å²) in [5.74, 6) is -0.783. The lowest BCUT2D eigenvalue weighted by Gasteiger charge is -2.24. The fourth-order valence-corrected chi connectivity index (χ4v) is 1.91. The van der Waals surface area contributed by atoms with Gasteiger partial charge in [0, 0.05) is 18.1 Å². The summed E-state index contributed by atoms with van der Waals surface area (Å²) >= 11 is 5.79. The molecular formula is C14H16ClFN2O. The van der Waals surface area contributed by atoms with Gasteiger partial charge in [-0.1, -0.05) is 25.4 Å². The zero-order chi connectivity index (χ0) is 14.4. The minimum atomic E-state index is -0.597. The summed E-state index contributed by atoms with van der Waals surface area (Å²) < 4.78 is 13.7. The molecule has 1 aromatic carbocycles. The summed E-state index contributed by atoms with van der Waals surface area (Å²) in [6.07, 6.45) is 0.223. The van der Waals surface area contributed by atoms with Crippen LogP contribution in [-0.4, -0.2) is 23.9 Å². The van der Waals surface area contributed by atoms with Crippen LogP contribution in [0.5, 0.6) is 0 Å². The second-order valence-electron chi connectivity index (χ2n) is 4.68. The molecule has 102 valence electrons. The molecule has 0 saturated carbocycles. The molecule has 0 fully saturated rings. The van der Waals surface area contributed by atoms with Gasteiger partial charge in [-0.2, -0.15) is 5.26 Å². The minimum absolute atomic E-state index is 0.0499. The largest absolute Gasteiger partial charge is 0.337 e. The van der Waals surface area contributed by atoms with E-state index in [0.29, 0.717) is 18.1 Å². The van der Waals surface area contributed by atoms with Crippen LogP contribution in [0.15, 0.2) is 18.2 Å². The van der Waals surface area contributed by atoms with E-state index in [-0.39, 0.29) is 17.9 Å². The number of hydrogen-bond acceptors (Lipinski definition) is 2. The standard InChI is InChI=1S/C14H16ClFN2O/c1-10(2)9-18(7-3-6-17)14(19)12-8-11(15)4-5-13(12)16/h4-5,8,10H,3,7,9H2,1-2H3. The molecule has 0 aromatic heterocycles. The number of hydrogen-bond donors (Lipinski definition) is 0. The normalized spacial score (nSPS) is 10.3. The predicted molar refractivity (Wildman–Crippen MR) is 72.4 cm³/mol. The lowest BCUT2D eigenvalue weighted by molar-refractivity contribution is 0.0735. The van der Waals surface area contributed by atoms with Gasteiger partial charge in [0.1, 0.15) is 5.82 Å². The van der Waals surface area contributed by atoms with Gasteiger partial charge in [0.25, 0.3) is 5.91 Å². The predicted octanol–water partition coefficient (Wildman–Crippen LogP) is 3.49. The minimum Gasteiger partial charge on any atom is -0.337 e. The van der Waals surface area contributed by atoms with Crippen LogP contribution in [0.2, 0.25) is 5.02 Å². The Morgan fingerprint density at radius 1 is 1.53 bits per heavy atom. The van der Waals surface area contributed by atoms with E-state index in [4.69, 9.17) is 16.9 Å². The Hall–Kier alpha value is -1.60. The van der Waals surface area contributed by atoms with Gasteiger partial charge in [0.15, 0.2) is 0 Å². The number of carbonyl (C=O) groups excluding carboxylic acids is 1. The average molecular weight is 283 g/mol. The van der Waals surface area contributed by atoms with Crippen molar-refractivity contribution in [2.75, 3.05) is 13.1 Å². The van der Waals surface area contributed by atoms with E-state index in [9.17, 15) is 9.18 Å². The Bertz CT molecular complexity index is 497. The number of nitriles is 1. The lowest BCUT2D eigenvalue weighted by Crippen LogP contribution is -2.35. The molecule has 0 aliphatic carbocycles. The number of rotatable bonds is 5. The van der Waals surface area contributed by atoms with Gasteiger partial charge < -0.3 is 4.90 Å². The first-order valence-corrected chi connectivity index (χ1v) is 6.44. The molecule has 1 amide bonds. The molecule has 0 aliphatic heterocycles. The quantitative estimate of drug-likeness (QED) is 0.830. The molecule has 0 aliphatic rings. The lowest BCUT2D eigenvalue weighted by atomic mass is 10.1. The molecule has 0 heterocycles. The Kier molecular flexibility index (Phi) is 5.78. The van der Waals surface area contributed by atoms with Crippen molar-refractivity contribution in [3.63, 3.8) is 0 Å².